The predicted molar refractivity (Wildman–Crippen MR) is 112 cm³/mol. The lowest BCUT2D eigenvalue weighted by Gasteiger charge is -2.21. The quantitative estimate of drug-likeness (QED) is 0.676. The lowest BCUT2D eigenvalue weighted by Crippen LogP contribution is -2.30. The first kappa shape index (κ1) is 19.3. The summed E-state index contributed by atoms with van der Waals surface area (Å²) in [5, 5.41) is 3.84. The zero-order valence-electron chi connectivity index (χ0n) is 16.7. The third-order valence-electron chi connectivity index (χ3n) is 5.39. The van der Waals surface area contributed by atoms with Gasteiger partial charge in [-0.25, -0.2) is 14.8 Å². The highest BCUT2D eigenvalue weighted by Crippen LogP contribution is 2.25. The van der Waals surface area contributed by atoms with Crippen LogP contribution in [0.1, 0.15) is 50.5 Å². The Balaban J connectivity index is 1.49. The van der Waals surface area contributed by atoms with Gasteiger partial charge in [-0.15, -0.1) is 0 Å². The van der Waals surface area contributed by atoms with E-state index in [1.54, 1.807) is 12.4 Å². The van der Waals surface area contributed by atoms with E-state index in [4.69, 9.17) is 4.74 Å². The van der Waals surface area contributed by atoms with Crippen LogP contribution in [0, 0.1) is 0 Å². The summed E-state index contributed by atoms with van der Waals surface area (Å²) < 4.78 is 5.51. The Labute approximate surface area is 170 Å². The topological polar surface area (TPSA) is 77.0 Å². The van der Waals surface area contributed by atoms with Crippen molar-refractivity contribution < 1.29 is 9.53 Å². The van der Waals surface area contributed by atoms with Crippen molar-refractivity contribution in [3.05, 3.63) is 54.2 Å². The average molecular weight is 390 g/mol. The molecule has 29 heavy (non-hydrogen) atoms. The maximum Gasteiger partial charge on any atom is 0.407 e. The highest BCUT2D eigenvalue weighted by molar-refractivity contribution is 5.86. The number of nitrogens with zero attached hydrogens (tertiary/aromatic N) is 3. The zero-order chi connectivity index (χ0) is 20.1. The lowest BCUT2D eigenvalue weighted by molar-refractivity contribution is 0.0748. The van der Waals surface area contributed by atoms with E-state index in [9.17, 15) is 4.79 Å². The Bertz CT molecular complexity index is 985. The van der Waals surface area contributed by atoms with Crippen LogP contribution >= 0.6 is 0 Å². The summed E-state index contributed by atoms with van der Waals surface area (Å²) in [6.07, 6.45) is 9.44. The van der Waals surface area contributed by atoms with Gasteiger partial charge in [0.25, 0.3) is 0 Å². The van der Waals surface area contributed by atoms with E-state index >= 15 is 0 Å². The van der Waals surface area contributed by atoms with Gasteiger partial charge in [0.2, 0.25) is 0 Å². The summed E-state index contributed by atoms with van der Waals surface area (Å²) in [7, 11) is 0. The summed E-state index contributed by atoms with van der Waals surface area (Å²) in [6.45, 7) is 2.34. The predicted octanol–water partition coefficient (Wildman–Crippen LogP) is 4.81. The molecule has 1 aliphatic carbocycles. The highest BCUT2D eigenvalue weighted by Gasteiger charge is 2.18. The van der Waals surface area contributed by atoms with Crippen molar-refractivity contribution in [1.29, 1.82) is 0 Å². The molecule has 1 fully saturated rings. The van der Waals surface area contributed by atoms with E-state index in [0.717, 1.165) is 59.8 Å². The number of ether oxygens (including phenoxy) is 1. The fraction of sp³-hybridized carbons (Fsp3) is 0.391. The molecule has 1 aromatic carbocycles. The van der Waals surface area contributed by atoms with Crippen LogP contribution < -0.4 is 5.32 Å². The van der Waals surface area contributed by atoms with Crippen LogP contribution in [0.4, 0.5) is 4.79 Å². The van der Waals surface area contributed by atoms with Crippen molar-refractivity contribution in [1.82, 2.24) is 20.3 Å². The van der Waals surface area contributed by atoms with Crippen LogP contribution in [-0.4, -0.2) is 27.1 Å². The average Bonchev–Trinajstić information content (AvgIpc) is 2.78. The van der Waals surface area contributed by atoms with Crippen LogP contribution in [-0.2, 0) is 17.7 Å². The first-order chi connectivity index (χ1) is 14.2. The molecule has 0 atom stereocenters. The van der Waals surface area contributed by atoms with Gasteiger partial charge < -0.3 is 10.1 Å². The molecule has 1 aliphatic rings. The Morgan fingerprint density at radius 1 is 1.07 bits per heavy atom. The number of rotatable bonds is 5. The number of nitrogens with one attached hydrogen (secondary N) is 1. The molecule has 0 unspecified atom stereocenters. The van der Waals surface area contributed by atoms with Gasteiger partial charge in [-0.2, -0.15) is 0 Å². The van der Waals surface area contributed by atoms with Gasteiger partial charge in [0.1, 0.15) is 11.9 Å². The molecule has 1 amide bonds. The summed E-state index contributed by atoms with van der Waals surface area (Å²) in [5.41, 5.74) is 4.08. The van der Waals surface area contributed by atoms with Crippen LogP contribution in [0.3, 0.4) is 0 Å². The minimum Gasteiger partial charge on any atom is -0.446 e. The fourth-order valence-electron chi connectivity index (χ4n) is 3.84. The Kier molecular flexibility index (Phi) is 5.98. The molecule has 2 heterocycles. The van der Waals surface area contributed by atoms with E-state index in [1.165, 1.54) is 6.42 Å². The highest BCUT2D eigenvalue weighted by atomic mass is 16.6. The number of alkyl carbamates (subject to hydrolysis) is 1. The van der Waals surface area contributed by atoms with Crippen LogP contribution in [0.25, 0.3) is 22.0 Å². The molecule has 1 N–H and O–H groups in total. The second-order valence-corrected chi connectivity index (χ2v) is 7.43. The molecule has 0 spiro atoms. The second-order valence-electron chi connectivity index (χ2n) is 7.43. The zero-order valence-corrected chi connectivity index (χ0v) is 16.7. The smallest absolute Gasteiger partial charge is 0.407 e. The summed E-state index contributed by atoms with van der Waals surface area (Å²) >= 11 is 0. The normalized spacial score (nSPS) is 14.7. The summed E-state index contributed by atoms with van der Waals surface area (Å²) in [5.74, 6) is 0.603. The maximum absolute atomic E-state index is 12.1. The number of amides is 1. The number of aryl methyl sites for hydroxylation is 1. The van der Waals surface area contributed by atoms with Crippen molar-refractivity contribution in [3.63, 3.8) is 0 Å². The van der Waals surface area contributed by atoms with Crippen molar-refractivity contribution >= 4 is 17.0 Å². The molecular formula is C23H26N4O2. The van der Waals surface area contributed by atoms with Crippen LogP contribution in [0.5, 0.6) is 0 Å². The molecule has 0 bridgehead atoms. The van der Waals surface area contributed by atoms with Crippen molar-refractivity contribution in [2.24, 2.45) is 0 Å². The molecular weight excluding hydrogens is 364 g/mol. The molecule has 6 heteroatoms. The number of hydrogen-bond donors (Lipinski definition) is 1. The molecule has 1 saturated carbocycles. The van der Waals surface area contributed by atoms with Gasteiger partial charge in [-0.3, -0.25) is 4.98 Å². The van der Waals surface area contributed by atoms with Gasteiger partial charge in [-0.05, 0) is 67.5 Å². The monoisotopic (exact) mass is 390 g/mol. The van der Waals surface area contributed by atoms with Crippen LogP contribution in [0.2, 0.25) is 0 Å². The largest absolute Gasteiger partial charge is 0.446 e. The second kappa shape index (κ2) is 8.99. The minimum atomic E-state index is -0.383. The Morgan fingerprint density at radius 3 is 2.62 bits per heavy atom. The number of pyridine rings is 1. The van der Waals surface area contributed by atoms with Gasteiger partial charge in [0.15, 0.2) is 0 Å². The minimum absolute atomic E-state index is 0.0408. The molecule has 0 radical (unpaired) electrons. The molecule has 6 nitrogen and oxygen atoms in total. The van der Waals surface area contributed by atoms with Crippen molar-refractivity contribution in [2.45, 2.75) is 58.1 Å². The molecule has 0 saturated heterocycles. The summed E-state index contributed by atoms with van der Waals surface area (Å²) in [4.78, 5) is 25.5. The number of fused-ring (bicyclic) bond motifs is 1. The number of hydrogen-bond acceptors (Lipinski definition) is 5. The van der Waals surface area contributed by atoms with Crippen molar-refractivity contribution in [3.8, 4) is 11.1 Å². The molecule has 0 aliphatic heterocycles. The first-order valence-corrected chi connectivity index (χ1v) is 10.4. The van der Waals surface area contributed by atoms with Gasteiger partial charge >= 0.3 is 6.09 Å². The van der Waals surface area contributed by atoms with E-state index in [0.29, 0.717) is 5.82 Å². The van der Waals surface area contributed by atoms with E-state index in [-0.39, 0.29) is 18.7 Å². The number of benzene rings is 1. The van der Waals surface area contributed by atoms with Crippen molar-refractivity contribution in [2.75, 3.05) is 0 Å². The SMILES string of the molecule is CCc1nc(CNC(=O)OC2CCCCC2)nc2ccc(-c3ccncc3)cc12. The number of carbonyl (C=O) groups is 1. The van der Waals surface area contributed by atoms with Crippen LogP contribution in [0.15, 0.2) is 42.7 Å². The number of carbonyl (C=O) groups excluding carboxylic acids is 1. The van der Waals surface area contributed by atoms with Gasteiger partial charge in [0, 0.05) is 17.8 Å². The maximum atomic E-state index is 12.1. The Morgan fingerprint density at radius 2 is 1.86 bits per heavy atom. The van der Waals surface area contributed by atoms with E-state index < -0.39 is 0 Å². The lowest BCUT2D eigenvalue weighted by atomic mass is 9.98. The number of aromatic nitrogens is 3. The standard InChI is InChI=1S/C23H26N4O2/c1-2-20-19-14-17(16-10-12-24-13-11-16)8-9-21(19)27-22(26-20)15-25-23(28)29-18-6-4-3-5-7-18/h8-14,18H,2-7,15H2,1H3,(H,25,28). The molecule has 2 aromatic heterocycles. The van der Waals surface area contributed by atoms with Gasteiger partial charge in [-0.1, -0.05) is 19.4 Å². The first-order valence-electron chi connectivity index (χ1n) is 10.4. The van der Waals surface area contributed by atoms with Gasteiger partial charge in [0.05, 0.1) is 17.8 Å². The Hall–Kier alpha value is -3.02. The van der Waals surface area contributed by atoms with E-state index in [2.05, 4.69) is 39.3 Å². The third-order valence-corrected chi connectivity index (χ3v) is 5.39. The molecule has 3 aromatic rings. The summed E-state index contributed by atoms with van der Waals surface area (Å²) in [6, 6.07) is 10.2. The van der Waals surface area contributed by atoms with E-state index in [1.807, 2.05) is 18.2 Å². The fourth-order valence-corrected chi connectivity index (χ4v) is 3.84. The molecule has 4 rings (SSSR count). The third kappa shape index (κ3) is 4.70. The molecule has 150 valence electrons.